The van der Waals surface area contributed by atoms with Gasteiger partial charge in [0.15, 0.2) is 5.78 Å². The van der Waals surface area contributed by atoms with Crippen LogP contribution in [0.2, 0.25) is 0 Å². The maximum Gasteiger partial charge on any atom is 0.329 e. The quantitative estimate of drug-likeness (QED) is 0.129. The third-order valence-electron chi connectivity index (χ3n) is 14.4. The second-order valence-electron chi connectivity index (χ2n) is 19.2. The van der Waals surface area contributed by atoms with Crippen LogP contribution in [-0.2, 0) is 52.4 Å². The maximum atomic E-state index is 14.7. The van der Waals surface area contributed by atoms with Crippen LogP contribution < -0.4 is 0 Å². The fraction of sp³-hybridized carbons (Fsp3) is 0.759. The van der Waals surface area contributed by atoms with E-state index in [0.717, 1.165) is 18.1 Å². The number of nitrogens with zero attached hydrogens (tertiary/aromatic N) is 1. The number of Topliss-reactive ketones (excluding diaryl/α,β-unsaturated/α-hetero) is 3. The number of methoxy groups -OCH3 is 3. The zero-order valence-corrected chi connectivity index (χ0v) is 41.7. The van der Waals surface area contributed by atoms with Crippen LogP contribution in [0.3, 0.4) is 0 Å². The van der Waals surface area contributed by atoms with Crippen molar-refractivity contribution in [2.24, 2.45) is 41.4 Å². The van der Waals surface area contributed by atoms with Crippen molar-refractivity contribution in [3.8, 4) is 0 Å². The van der Waals surface area contributed by atoms with Crippen molar-refractivity contribution in [1.82, 2.24) is 4.90 Å². The standard InChI is InChI=1S/C54H85NO14/c1-32-17-13-12-14-18-33(2)45(64-9)30-41-22-20-37(6)54(63,69-41)51(60)52(61)55-24-16-15-19-42(55)53(62)68-46(35(4)28-40-21-23-44(67-26-25-56)47(29-40)65-10)31-43(57)34(3)27-36(5)48(58)50(66-11)49(59)39(8)38(32)7/h12-14,17-18,27,32,34-35,37-42,44-48,50,56,58,63H,15-16,19-26,28-31H2,1-11H3/b14-12+,17-13+,33-18+,36-27+/t32-,34-,35-,37-,38?,39-,40+,41+,42+,44-,45+,46+,47-,48-,50-,54-/m1/s1/i3D3,9D3,20D2,26D2,32D,38D. The first-order valence-electron chi connectivity index (χ1n) is 30.1. The van der Waals surface area contributed by atoms with E-state index in [4.69, 9.17) is 42.1 Å². The molecule has 3 fully saturated rings. The summed E-state index contributed by atoms with van der Waals surface area (Å²) in [5.74, 6) is -18.8. The number of carbonyl (C=O) groups excluding carboxylic acids is 5. The molecule has 0 aromatic carbocycles. The number of ketones is 3. The van der Waals surface area contributed by atoms with Gasteiger partial charge in [-0.1, -0.05) is 77.9 Å². The molecule has 0 aromatic heterocycles. The lowest BCUT2D eigenvalue weighted by Crippen LogP contribution is -2.61. The Bertz CT molecular complexity index is 2340. The summed E-state index contributed by atoms with van der Waals surface area (Å²) in [5.41, 5.74) is 0.0894. The number of aliphatic hydroxyl groups is 3. The molecule has 3 aliphatic heterocycles. The summed E-state index contributed by atoms with van der Waals surface area (Å²) in [6.07, 6.45) is -3.43. The highest BCUT2D eigenvalue weighted by atomic mass is 16.6. The minimum Gasteiger partial charge on any atom is -0.460 e. The molecule has 0 radical (unpaired) electrons. The Balaban J connectivity index is 1.88. The van der Waals surface area contributed by atoms with Gasteiger partial charge in [0.1, 0.15) is 30.1 Å². The number of esters is 1. The molecule has 4 aliphatic rings. The molecule has 0 aromatic rings. The van der Waals surface area contributed by atoms with Crippen molar-refractivity contribution in [2.75, 3.05) is 41.0 Å². The number of cyclic esters (lactones) is 1. The average molecular weight is 984 g/mol. The predicted molar refractivity (Wildman–Crippen MR) is 261 cm³/mol. The zero-order chi connectivity index (χ0) is 61.6. The van der Waals surface area contributed by atoms with Gasteiger partial charge >= 0.3 is 5.97 Å². The minimum atomic E-state index is -3.16. The third-order valence-corrected chi connectivity index (χ3v) is 14.4. The molecule has 1 unspecified atom stereocenters. The molecule has 1 amide bonds. The Labute approximate surface area is 428 Å². The summed E-state index contributed by atoms with van der Waals surface area (Å²) in [6, 6.07) is -1.52. The Morgan fingerprint density at radius 1 is 0.971 bits per heavy atom. The van der Waals surface area contributed by atoms with Gasteiger partial charge < -0.3 is 48.6 Å². The largest absolute Gasteiger partial charge is 0.460 e. The van der Waals surface area contributed by atoms with Gasteiger partial charge in [-0.3, -0.25) is 19.2 Å². The first-order chi connectivity index (χ1) is 37.2. The van der Waals surface area contributed by atoms with Gasteiger partial charge in [-0.25, -0.2) is 4.79 Å². The first kappa shape index (κ1) is 42.1. The number of allylic oxidation sites excluding steroid dienone is 6. The molecule has 0 spiro atoms. The number of fused-ring (bicyclic) bond motifs is 3. The average Bonchev–Trinajstić information content (AvgIpc) is 3.59. The Morgan fingerprint density at radius 2 is 1.72 bits per heavy atom. The highest BCUT2D eigenvalue weighted by Crippen LogP contribution is 2.38. The summed E-state index contributed by atoms with van der Waals surface area (Å²) in [7, 11) is -0.479. The number of carbonyl (C=O) groups is 5. The van der Waals surface area contributed by atoms with Gasteiger partial charge in [-0.15, -0.1) is 0 Å². The highest BCUT2D eigenvalue weighted by molar-refractivity contribution is 6.39. The number of hydrogen-bond donors (Lipinski definition) is 3. The number of amides is 1. The van der Waals surface area contributed by atoms with E-state index >= 15 is 0 Å². The fourth-order valence-electron chi connectivity index (χ4n) is 9.62. The molecule has 3 N–H and O–H groups in total. The molecule has 69 heavy (non-hydrogen) atoms. The highest BCUT2D eigenvalue weighted by Gasteiger charge is 2.53. The SMILES string of the molecule is [2H]C([2H])([2H])O[C@H]1C[C@@H]2CC([2H])([2H])[C@@H](C)[C@@](O)(O2)C(=O)C(=O)N2CCCC[C@H]2C(=O)O[C@H]([C@H](C)C[C@@H]2CC[C@@H](OC([2H])([2H])CO)[C@H](OC)C2)CC(=O)[C@H](C([2H])([2H])[2H])/C=C(\C)[C@@H](O)[C@@H](OC)C(=O)[C@H](C)C([2H])(C)[C@]([2H])(C)/C=C/C=C/C=C/1C. The second kappa shape index (κ2) is 27.4. The van der Waals surface area contributed by atoms with Crippen LogP contribution in [0.25, 0.3) is 0 Å². The molecule has 2 saturated heterocycles. The summed E-state index contributed by atoms with van der Waals surface area (Å²) >= 11 is 0. The number of piperidine rings is 1. The topological polar surface area (TPSA) is 205 Å². The van der Waals surface area contributed by atoms with Crippen LogP contribution in [-0.4, -0.2) is 145 Å². The van der Waals surface area contributed by atoms with Crippen molar-refractivity contribution in [1.29, 1.82) is 0 Å². The van der Waals surface area contributed by atoms with Crippen LogP contribution in [0.5, 0.6) is 0 Å². The Kier molecular flexibility index (Phi) is 16.7. The molecule has 16 atom stereocenters. The number of hydrogen-bond acceptors (Lipinski definition) is 14. The second-order valence-corrected chi connectivity index (χ2v) is 19.2. The van der Waals surface area contributed by atoms with Crippen molar-refractivity contribution >= 4 is 29.2 Å². The smallest absolute Gasteiger partial charge is 0.329 e. The molecular weight excluding hydrogens is 887 g/mol. The lowest BCUT2D eigenvalue weighted by atomic mass is 9.78. The molecular formula is C54H85NO14. The first-order valence-corrected chi connectivity index (χ1v) is 24.1. The molecule has 1 saturated carbocycles. The fourth-order valence-corrected chi connectivity index (χ4v) is 9.62. The molecule has 1 aliphatic carbocycles. The van der Waals surface area contributed by atoms with E-state index < -0.39 is 172 Å². The maximum absolute atomic E-state index is 14.7. The van der Waals surface area contributed by atoms with E-state index in [1.54, 1.807) is 6.92 Å². The molecule has 15 heteroatoms. The molecule has 3 heterocycles. The van der Waals surface area contributed by atoms with E-state index in [0.29, 0.717) is 19.3 Å². The molecule has 2 bridgehead atoms. The normalized spacial score (nSPS) is 45.9. The summed E-state index contributed by atoms with van der Waals surface area (Å²) in [4.78, 5) is 73.5. The molecule has 15 nitrogen and oxygen atoms in total. The van der Waals surface area contributed by atoms with E-state index in [1.165, 1.54) is 79.0 Å². The van der Waals surface area contributed by atoms with Crippen molar-refractivity contribution < 1.29 is 84.2 Å². The lowest BCUT2D eigenvalue weighted by molar-refractivity contribution is -0.265. The minimum absolute atomic E-state index is 0.0772. The summed E-state index contributed by atoms with van der Waals surface area (Å²) < 4.78 is 136. The van der Waals surface area contributed by atoms with Gasteiger partial charge in [-0.2, -0.15) is 0 Å². The van der Waals surface area contributed by atoms with Crippen molar-refractivity contribution in [2.45, 2.75) is 180 Å². The van der Waals surface area contributed by atoms with E-state index in [2.05, 4.69) is 0 Å². The van der Waals surface area contributed by atoms with Crippen LogP contribution in [0.4, 0.5) is 0 Å². The van der Waals surface area contributed by atoms with Crippen LogP contribution in [0.15, 0.2) is 47.6 Å². The predicted octanol–water partition coefficient (Wildman–Crippen LogP) is 6.44. The zero-order valence-electron chi connectivity index (χ0n) is 53.7. The van der Waals surface area contributed by atoms with Crippen molar-refractivity contribution in [3.63, 3.8) is 0 Å². The Hall–Kier alpha value is -3.41. The number of rotatable bonds is 9. The van der Waals surface area contributed by atoms with E-state index in [-0.39, 0.29) is 49.3 Å². The van der Waals surface area contributed by atoms with Crippen molar-refractivity contribution in [3.05, 3.63) is 47.6 Å². The molecule has 4 rings (SSSR count). The van der Waals surface area contributed by atoms with E-state index in [1.807, 2.05) is 0 Å². The lowest BCUT2D eigenvalue weighted by Gasteiger charge is -2.42. The van der Waals surface area contributed by atoms with Gasteiger partial charge in [0.2, 0.25) is 5.79 Å². The van der Waals surface area contributed by atoms with Gasteiger partial charge in [0.25, 0.3) is 11.7 Å². The summed E-state index contributed by atoms with van der Waals surface area (Å²) in [5, 5.41) is 33.4. The van der Waals surface area contributed by atoms with Gasteiger partial charge in [-0.05, 0) is 106 Å². The number of ether oxygens (including phenoxy) is 6. The summed E-state index contributed by atoms with van der Waals surface area (Å²) in [6.45, 7) is 3.15. The van der Waals surface area contributed by atoms with Gasteiger partial charge in [0, 0.05) is 68.0 Å². The van der Waals surface area contributed by atoms with Crippen LogP contribution in [0.1, 0.15) is 142 Å². The monoisotopic (exact) mass is 984 g/mol. The van der Waals surface area contributed by atoms with E-state index in [9.17, 15) is 42.0 Å². The Morgan fingerprint density at radius 3 is 2.41 bits per heavy atom. The third kappa shape index (κ3) is 15.3. The van der Waals surface area contributed by atoms with Crippen LogP contribution in [0, 0.1) is 41.4 Å². The molecule has 390 valence electrons. The number of aliphatic hydroxyl groups excluding tert-OH is 2. The van der Waals surface area contributed by atoms with Gasteiger partial charge in [0.05, 0.1) is 44.4 Å². The van der Waals surface area contributed by atoms with Crippen LogP contribution >= 0.6 is 0 Å².